The van der Waals surface area contributed by atoms with Crippen molar-refractivity contribution < 1.29 is 24.3 Å². The van der Waals surface area contributed by atoms with Crippen LogP contribution in [0.5, 0.6) is 0 Å². The van der Waals surface area contributed by atoms with Crippen molar-refractivity contribution in [3.8, 4) is 0 Å². The summed E-state index contributed by atoms with van der Waals surface area (Å²) in [7, 11) is -0.446. The third-order valence-electron chi connectivity index (χ3n) is 6.09. The molecule has 0 atom stereocenters. The Morgan fingerprint density at radius 2 is 0.581 bits per heavy atom. The third kappa shape index (κ3) is 11.5. The van der Waals surface area contributed by atoms with Gasteiger partial charge in [-0.15, -0.1) is 0 Å². The van der Waals surface area contributed by atoms with E-state index in [1.807, 2.05) is 0 Å². The molecule has 0 aromatic heterocycles. The fraction of sp³-hybridized carbons (Fsp3) is 0. The van der Waals surface area contributed by atoms with Crippen LogP contribution in [0.4, 0.5) is 4.79 Å². The Morgan fingerprint density at radius 3 is 0.791 bits per heavy atom. The van der Waals surface area contributed by atoms with Gasteiger partial charge in [0.05, 0.1) is 0 Å². The fourth-order valence-electron chi connectivity index (χ4n) is 4.36. The van der Waals surface area contributed by atoms with Crippen LogP contribution in [0.3, 0.4) is 0 Å². The Kier molecular flexibility index (Phi) is 16.0. The smallest absolute Gasteiger partial charge is 0.0134 e. The van der Waals surface area contributed by atoms with Crippen molar-refractivity contribution in [2.75, 3.05) is 0 Å². The average molecular weight is 817 g/mol. The first-order valence-electron chi connectivity index (χ1n) is 13.4. The Bertz CT molecular complexity index is 1290. The number of halogens is 2. The van der Waals surface area contributed by atoms with Crippen molar-refractivity contribution in [2.45, 2.75) is 0 Å². The van der Waals surface area contributed by atoms with Crippen LogP contribution in [0.1, 0.15) is 0 Å². The summed E-state index contributed by atoms with van der Waals surface area (Å²) in [5, 5.41) is 4.19. The molecular weight excluding hydrogens is 787 g/mol. The van der Waals surface area contributed by atoms with Crippen molar-refractivity contribution >= 4 is 82.5 Å². The van der Waals surface area contributed by atoms with Gasteiger partial charge in [-0.2, -0.15) is 0 Å². The van der Waals surface area contributed by atoms with Gasteiger partial charge in [0.1, 0.15) is 0 Å². The van der Waals surface area contributed by atoms with Crippen LogP contribution in [0.2, 0.25) is 0 Å². The van der Waals surface area contributed by atoms with Crippen LogP contribution in [0.25, 0.3) is 0 Å². The Morgan fingerprint density at radius 1 is 0.395 bits per heavy atom. The van der Waals surface area contributed by atoms with E-state index in [2.05, 4.69) is 205 Å². The van der Waals surface area contributed by atoms with E-state index in [0.29, 0.717) is 0 Å². The minimum Gasteiger partial charge on any atom is -0.0622 e. The van der Waals surface area contributed by atoms with Gasteiger partial charge >= 0.3 is 146 Å². The van der Waals surface area contributed by atoms with Crippen molar-refractivity contribution in [3.05, 3.63) is 182 Å². The molecule has 1 radical (unpaired) electrons. The monoisotopic (exact) mass is 815 g/mol. The molecule has 0 saturated heterocycles. The maximum absolute atomic E-state index is 8.98. The van der Waals surface area contributed by atoms with Crippen molar-refractivity contribution in [3.63, 3.8) is 0 Å². The first-order chi connectivity index (χ1) is 20.6. The van der Waals surface area contributed by atoms with Crippen LogP contribution in [0, 0.1) is 0 Å². The van der Waals surface area contributed by atoms with Crippen LogP contribution in [0.15, 0.2) is 182 Å². The maximum Gasteiger partial charge on any atom is -0.0134 e. The van der Waals surface area contributed by atoms with Gasteiger partial charge in [-0.3, -0.25) is 4.79 Å². The molecule has 6 aromatic rings. The molecule has 0 fully saturated rings. The molecule has 215 valence electrons. The fourth-order valence-corrected chi connectivity index (χ4v) is 13.2. The summed E-state index contributed by atoms with van der Waals surface area (Å²) in [5.41, 5.74) is 0. The first kappa shape index (κ1) is 34.9. The van der Waals surface area contributed by atoms with Gasteiger partial charge in [0, 0.05) is 0 Å². The number of rotatable bonds is 6. The molecule has 0 unspecified atom stereocenters. The average Bonchev–Trinajstić information content (AvgIpc) is 3.05. The number of carbonyl (C=O) groups excluding carboxylic acids is 1. The Labute approximate surface area is 286 Å². The second-order valence-corrected chi connectivity index (χ2v) is 18.3. The molecule has 6 rings (SSSR count). The largest absolute Gasteiger partial charge is 0.0622 e. The molecular formula is C37H30Cl2OPRhSb+2. The predicted octanol–water partition coefficient (Wildman–Crippen LogP) is 7.23. The van der Waals surface area contributed by atoms with E-state index >= 15 is 0 Å². The number of hydrogen-bond acceptors (Lipinski definition) is 1. The second kappa shape index (κ2) is 19.7. The molecule has 0 aliphatic heterocycles. The normalized spacial score (nSPS) is 9.95. The van der Waals surface area contributed by atoms with Gasteiger partial charge in [0.15, 0.2) is 0 Å². The van der Waals surface area contributed by atoms with E-state index in [-0.39, 0.29) is 19.5 Å². The summed E-state index contributed by atoms with van der Waals surface area (Å²) in [6.45, 7) is 0. The molecule has 0 saturated carbocycles. The SMILES string of the molecule is O=C(Cl)Cl.[Rh+2].c1cc[c]([Sb]([c]2ccccc2)[c]2ccccc2)cc1.c1ccc(P(c2ccccc2)c2ccccc2)cc1. The van der Waals surface area contributed by atoms with Crippen LogP contribution in [-0.2, 0) is 19.5 Å². The molecule has 0 amide bonds. The van der Waals surface area contributed by atoms with E-state index in [0.717, 1.165) is 0 Å². The summed E-state index contributed by atoms with van der Waals surface area (Å²) in [6.07, 6.45) is 0. The summed E-state index contributed by atoms with van der Waals surface area (Å²) < 4.78 is 3.66. The summed E-state index contributed by atoms with van der Waals surface area (Å²) >= 11 is 6.98. The van der Waals surface area contributed by atoms with Crippen LogP contribution >= 0.6 is 31.1 Å². The van der Waals surface area contributed by atoms with E-state index in [9.17, 15) is 0 Å². The predicted molar refractivity (Wildman–Crippen MR) is 186 cm³/mol. The molecule has 0 heterocycles. The molecule has 6 aromatic carbocycles. The molecule has 0 N–H and O–H groups in total. The number of carbonyl (C=O) groups is 1. The van der Waals surface area contributed by atoms with E-state index in [4.69, 9.17) is 4.79 Å². The van der Waals surface area contributed by atoms with Gasteiger partial charge in [0.2, 0.25) is 0 Å². The number of benzene rings is 6. The second-order valence-electron chi connectivity index (χ2n) is 8.91. The van der Waals surface area contributed by atoms with Gasteiger partial charge in [-0.25, -0.2) is 0 Å². The molecule has 0 spiro atoms. The molecule has 43 heavy (non-hydrogen) atoms. The topological polar surface area (TPSA) is 17.1 Å². The van der Waals surface area contributed by atoms with Crippen LogP contribution < -0.4 is 26.4 Å². The molecule has 0 bridgehead atoms. The minimum absolute atomic E-state index is 0. The first-order valence-corrected chi connectivity index (χ1v) is 19.3. The molecule has 6 heteroatoms. The maximum atomic E-state index is 8.98. The Hall–Kier alpha value is -2.56. The summed E-state index contributed by atoms with van der Waals surface area (Å²) in [5.74, 6) is 0. The standard InChI is InChI=1S/C18H15P.3C6H5.CCl2O.Rh.Sb/c1-4-10-16(11-5-1)19(17-12-6-2-7-13-17)18-14-8-3-9-15-18;3*1-2-4-6-5-3-1;2-1(3)4;;/h1-15H;3*1-5H;;;/q;;;;;+2;. The van der Waals surface area contributed by atoms with Crippen molar-refractivity contribution in [1.29, 1.82) is 0 Å². The minimum atomic E-state index is -1.83. The summed E-state index contributed by atoms with van der Waals surface area (Å²) in [4.78, 5) is 8.98. The zero-order chi connectivity index (χ0) is 29.4. The van der Waals surface area contributed by atoms with Crippen molar-refractivity contribution in [2.24, 2.45) is 0 Å². The Balaban J connectivity index is 0.000000206. The van der Waals surface area contributed by atoms with E-state index < -0.39 is 32.8 Å². The third-order valence-corrected chi connectivity index (χ3v) is 15.5. The van der Waals surface area contributed by atoms with Gasteiger partial charge in [-0.05, 0) is 47.0 Å². The van der Waals surface area contributed by atoms with Crippen molar-refractivity contribution in [1.82, 2.24) is 0 Å². The zero-order valence-corrected chi connectivity index (χ0v) is 29.8. The van der Waals surface area contributed by atoms with E-state index in [1.165, 1.54) is 26.4 Å². The van der Waals surface area contributed by atoms with Gasteiger partial charge < -0.3 is 0 Å². The van der Waals surface area contributed by atoms with Gasteiger partial charge in [-0.1, -0.05) is 91.0 Å². The number of hydrogen-bond donors (Lipinski definition) is 0. The molecule has 0 aliphatic carbocycles. The van der Waals surface area contributed by atoms with E-state index in [1.54, 1.807) is 0 Å². The summed E-state index contributed by atoms with van der Waals surface area (Å²) in [6, 6.07) is 65.2. The van der Waals surface area contributed by atoms with Crippen LogP contribution in [-0.4, -0.2) is 24.9 Å². The molecule has 0 aliphatic rings. The zero-order valence-electron chi connectivity index (χ0n) is 23.2. The molecule has 1 nitrogen and oxygen atoms in total. The van der Waals surface area contributed by atoms with Gasteiger partial charge in [0.25, 0.3) is 0 Å². The quantitative estimate of drug-likeness (QED) is 0.0987.